The fraction of sp³-hybridized carbons (Fsp3) is 0.211. The number of fused-ring (bicyclic) bond motifs is 1. The Labute approximate surface area is 145 Å². The molecule has 1 atom stereocenters. The van der Waals surface area contributed by atoms with Crippen LogP contribution < -0.4 is 5.32 Å². The Balaban J connectivity index is 1.89. The van der Waals surface area contributed by atoms with Crippen LogP contribution in [-0.4, -0.2) is 33.3 Å². The molecule has 0 fully saturated rings. The second kappa shape index (κ2) is 6.76. The standard InChI is InChI=1S/C19H19N3O3/c1-3-18(24)21-14-4-5-17(23)15(10-14)19(25)22-9-7-13-6-8-20-11-16(13)12(22)2/h3-6,8,10-12,23H,1,7,9H2,2H3,(H,21,24). The number of phenolic OH excluding ortho intramolecular Hbond substituents is 1. The van der Waals surface area contributed by atoms with Gasteiger partial charge in [-0.2, -0.15) is 0 Å². The van der Waals surface area contributed by atoms with Crippen molar-refractivity contribution >= 4 is 17.5 Å². The highest BCUT2D eigenvalue weighted by Crippen LogP contribution is 2.32. The summed E-state index contributed by atoms with van der Waals surface area (Å²) in [5, 5.41) is 12.7. The van der Waals surface area contributed by atoms with Gasteiger partial charge in [-0.05, 0) is 54.8 Å². The van der Waals surface area contributed by atoms with E-state index < -0.39 is 0 Å². The Kier molecular flexibility index (Phi) is 4.52. The van der Waals surface area contributed by atoms with Crippen molar-refractivity contribution in [3.8, 4) is 5.75 Å². The summed E-state index contributed by atoms with van der Waals surface area (Å²) in [6.07, 6.45) is 5.41. The normalized spacial score (nSPS) is 16.0. The van der Waals surface area contributed by atoms with E-state index in [1.807, 2.05) is 13.0 Å². The van der Waals surface area contributed by atoms with E-state index >= 15 is 0 Å². The molecule has 3 rings (SSSR count). The Morgan fingerprint density at radius 3 is 2.96 bits per heavy atom. The molecule has 128 valence electrons. The summed E-state index contributed by atoms with van der Waals surface area (Å²) < 4.78 is 0. The lowest BCUT2D eigenvalue weighted by atomic mass is 9.95. The van der Waals surface area contributed by atoms with Crippen LogP contribution in [0.15, 0.2) is 49.3 Å². The van der Waals surface area contributed by atoms with E-state index in [0.29, 0.717) is 12.2 Å². The summed E-state index contributed by atoms with van der Waals surface area (Å²) in [4.78, 5) is 30.3. The molecule has 0 aliphatic carbocycles. The number of hydrogen-bond donors (Lipinski definition) is 2. The molecule has 0 bridgehead atoms. The van der Waals surface area contributed by atoms with Crippen molar-refractivity contribution in [1.82, 2.24) is 9.88 Å². The minimum atomic E-state index is -0.379. The molecule has 0 radical (unpaired) electrons. The van der Waals surface area contributed by atoms with Gasteiger partial charge in [-0.1, -0.05) is 6.58 Å². The number of rotatable bonds is 3. The number of carbonyl (C=O) groups is 2. The SMILES string of the molecule is C=CC(=O)Nc1ccc(O)c(C(=O)N2CCc3ccncc3C2C)c1. The molecular weight excluding hydrogens is 318 g/mol. The van der Waals surface area contributed by atoms with Crippen molar-refractivity contribution in [2.24, 2.45) is 0 Å². The zero-order chi connectivity index (χ0) is 18.0. The smallest absolute Gasteiger partial charge is 0.258 e. The minimum absolute atomic E-state index is 0.120. The van der Waals surface area contributed by atoms with E-state index in [0.717, 1.165) is 18.1 Å². The summed E-state index contributed by atoms with van der Waals surface area (Å²) in [7, 11) is 0. The molecule has 25 heavy (non-hydrogen) atoms. The van der Waals surface area contributed by atoms with Gasteiger partial charge in [-0.3, -0.25) is 14.6 Å². The lowest BCUT2D eigenvalue weighted by molar-refractivity contribution is -0.111. The number of nitrogens with zero attached hydrogens (tertiary/aromatic N) is 2. The number of benzene rings is 1. The molecular formula is C19H19N3O3. The van der Waals surface area contributed by atoms with Crippen LogP contribution in [0.2, 0.25) is 0 Å². The maximum Gasteiger partial charge on any atom is 0.258 e. The molecule has 0 saturated heterocycles. The van der Waals surface area contributed by atoms with Crippen molar-refractivity contribution in [2.75, 3.05) is 11.9 Å². The second-order valence-electron chi connectivity index (χ2n) is 5.92. The van der Waals surface area contributed by atoms with Gasteiger partial charge in [-0.25, -0.2) is 0 Å². The molecule has 2 amide bonds. The summed E-state index contributed by atoms with van der Waals surface area (Å²) in [5.74, 6) is -0.782. The lowest BCUT2D eigenvalue weighted by Gasteiger charge is -2.35. The number of amides is 2. The number of aromatic nitrogens is 1. The van der Waals surface area contributed by atoms with Crippen molar-refractivity contribution < 1.29 is 14.7 Å². The Morgan fingerprint density at radius 2 is 2.20 bits per heavy atom. The van der Waals surface area contributed by atoms with Gasteiger partial charge >= 0.3 is 0 Å². The quantitative estimate of drug-likeness (QED) is 0.666. The maximum absolute atomic E-state index is 13.0. The van der Waals surface area contributed by atoms with E-state index in [1.165, 1.54) is 23.8 Å². The molecule has 2 heterocycles. The van der Waals surface area contributed by atoms with Gasteiger partial charge in [0.05, 0.1) is 11.6 Å². The number of carbonyl (C=O) groups excluding carboxylic acids is 2. The monoisotopic (exact) mass is 337 g/mol. The van der Waals surface area contributed by atoms with E-state index in [-0.39, 0.29) is 29.2 Å². The van der Waals surface area contributed by atoms with Crippen LogP contribution in [0.25, 0.3) is 0 Å². The minimum Gasteiger partial charge on any atom is -0.507 e. The molecule has 0 saturated carbocycles. The van der Waals surface area contributed by atoms with Crippen LogP contribution in [0.3, 0.4) is 0 Å². The second-order valence-corrected chi connectivity index (χ2v) is 5.92. The third-order valence-corrected chi connectivity index (χ3v) is 4.43. The van der Waals surface area contributed by atoms with Gasteiger partial charge in [-0.15, -0.1) is 0 Å². The molecule has 6 heteroatoms. The number of aromatic hydroxyl groups is 1. The van der Waals surface area contributed by atoms with Gasteiger partial charge in [0.15, 0.2) is 0 Å². The highest BCUT2D eigenvalue weighted by molar-refractivity contribution is 6.02. The first kappa shape index (κ1) is 16.7. The van der Waals surface area contributed by atoms with E-state index in [4.69, 9.17) is 0 Å². The number of hydrogen-bond acceptors (Lipinski definition) is 4. The summed E-state index contributed by atoms with van der Waals surface area (Å²) in [6, 6.07) is 6.24. The highest BCUT2D eigenvalue weighted by atomic mass is 16.3. The zero-order valence-corrected chi connectivity index (χ0v) is 13.9. The van der Waals surface area contributed by atoms with Crippen LogP contribution in [0, 0.1) is 0 Å². The van der Waals surface area contributed by atoms with Crippen LogP contribution in [0.1, 0.15) is 34.5 Å². The first-order valence-corrected chi connectivity index (χ1v) is 8.01. The van der Waals surface area contributed by atoms with E-state index in [9.17, 15) is 14.7 Å². The fourth-order valence-electron chi connectivity index (χ4n) is 3.05. The molecule has 0 spiro atoms. The average molecular weight is 337 g/mol. The van der Waals surface area contributed by atoms with E-state index in [2.05, 4.69) is 16.9 Å². The van der Waals surface area contributed by atoms with Crippen molar-refractivity contribution in [3.63, 3.8) is 0 Å². The highest BCUT2D eigenvalue weighted by Gasteiger charge is 2.29. The first-order valence-electron chi connectivity index (χ1n) is 8.01. The molecule has 1 aromatic carbocycles. The van der Waals surface area contributed by atoms with Crippen LogP contribution in [-0.2, 0) is 11.2 Å². The molecule has 1 unspecified atom stereocenters. The maximum atomic E-state index is 13.0. The first-order chi connectivity index (χ1) is 12.0. The zero-order valence-electron chi connectivity index (χ0n) is 13.9. The van der Waals surface area contributed by atoms with Gasteiger partial charge in [0.1, 0.15) is 5.75 Å². The van der Waals surface area contributed by atoms with Crippen LogP contribution in [0.5, 0.6) is 5.75 Å². The van der Waals surface area contributed by atoms with E-state index in [1.54, 1.807) is 17.3 Å². The average Bonchev–Trinajstić information content (AvgIpc) is 2.63. The number of phenols is 1. The largest absolute Gasteiger partial charge is 0.507 e. The Hall–Kier alpha value is -3.15. The number of nitrogens with one attached hydrogen (secondary N) is 1. The van der Waals surface area contributed by atoms with Crippen LogP contribution in [0.4, 0.5) is 5.69 Å². The van der Waals surface area contributed by atoms with Crippen molar-refractivity contribution in [1.29, 1.82) is 0 Å². The predicted octanol–water partition coefficient (Wildman–Crippen LogP) is 2.67. The molecule has 6 nitrogen and oxygen atoms in total. The summed E-state index contributed by atoms with van der Waals surface area (Å²) in [5.41, 5.74) is 2.78. The van der Waals surface area contributed by atoms with Crippen LogP contribution >= 0.6 is 0 Å². The third-order valence-electron chi connectivity index (χ3n) is 4.43. The molecule has 1 aromatic heterocycles. The Morgan fingerprint density at radius 1 is 1.40 bits per heavy atom. The Bertz CT molecular complexity index is 848. The summed E-state index contributed by atoms with van der Waals surface area (Å²) in [6.45, 7) is 5.89. The van der Waals surface area contributed by atoms with Gasteiger partial charge < -0.3 is 15.3 Å². The number of anilines is 1. The predicted molar refractivity (Wildman–Crippen MR) is 94.3 cm³/mol. The van der Waals surface area contributed by atoms with Crippen molar-refractivity contribution in [3.05, 3.63) is 66.0 Å². The topological polar surface area (TPSA) is 82.5 Å². The molecule has 2 aromatic rings. The van der Waals surface area contributed by atoms with Gasteiger partial charge in [0, 0.05) is 24.6 Å². The summed E-state index contributed by atoms with van der Waals surface area (Å²) >= 11 is 0. The van der Waals surface area contributed by atoms with Gasteiger partial charge in [0.25, 0.3) is 5.91 Å². The van der Waals surface area contributed by atoms with Gasteiger partial charge in [0.2, 0.25) is 5.91 Å². The fourth-order valence-corrected chi connectivity index (χ4v) is 3.05. The third kappa shape index (κ3) is 3.24. The number of pyridine rings is 1. The molecule has 1 aliphatic heterocycles. The lowest BCUT2D eigenvalue weighted by Crippen LogP contribution is -2.39. The molecule has 1 aliphatic rings. The molecule has 2 N–H and O–H groups in total. The van der Waals surface area contributed by atoms with Crippen molar-refractivity contribution in [2.45, 2.75) is 19.4 Å².